The number of pyridine rings is 4. The van der Waals surface area contributed by atoms with Gasteiger partial charge in [-0.1, -0.05) is 62.4 Å². The molecule has 8 heterocycles. The fourth-order valence-electron chi connectivity index (χ4n) is 14.2. The van der Waals surface area contributed by atoms with E-state index in [1.54, 1.807) is 97.1 Å². The van der Waals surface area contributed by atoms with Crippen LogP contribution in [0.15, 0.2) is 190 Å². The van der Waals surface area contributed by atoms with Gasteiger partial charge in [-0.3, -0.25) is 79.1 Å². The summed E-state index contributed by atoms with van der Waals surface area (Å²) in [4.78, 5) is 115. The van der Waals surface area contributed by atoms with Gasteiger partial charge in [0.05, 0.1) is 64.6 Å². The summed E-state index contributed by atoms with van der Waals surface area (Å²) >= 11 is 0. The van der Waals surface area contributed by atoms with Crippen molar-refractivity contribution < 1.29 is 112 Å². The molecule has 4 aromatic carbocycles. The number of nitrogens with zero attached hydrogens (tertiary/aromatic N) is 4. The van der Waals surface area contributed by atoms with Gasteiger partial charge in [0, 0.05) is 124 Å². The Bertz CT molecular complexity index is 5480. The molecule has 8 amide bonds. The van der Waals surface area contributed by atoms with E-state index in [1.165, 1.54) is 95.2 Å². The number of sulfone groups is 4. The number of benzene rings is 4. The Morgan fingerprint density at radius 1 is 0.331 bits per heavy atom. The number of carbonyl (C=O) groups excluding carboxylic acids is 8. The minimum atomic E-state index is -4.09. The van der Waals surface area contributed by atoms with E-state index < -0.39 is 82.0 Å². The van der Waals surface area contributed by atoms with Gasteiger partial charge in [-0.15, -0.1) is 0 Å². The molecule has 4 saturated heterocycles. The van der Waals surface area contributed by atoms with Crippen molar-refractivity contribution in [3.63, 3.8) is 0 Å². The van der Waals surface area contributed by atoms with Gasteiger partial charge in [0.15, 0.2) is 58.3 Å². The minimum absolute atomic E-state index is 0.00797. The number of amides is 8. The van der Waals surface area contributed by atoms with Crippen LogP contribution in [0.5, 0.6) is 0 Å². The van der Waals surface area contributed by atoms with Crippen LogP contribution in [-0.2, 0) is 77.5 Å². The van der Waals surface area contributed by atoms with Crippen LogP contribution in [0.3, 0.4) is 0 Å². The molecule has 4 aromatic heterocycles. The maximum atomic E-state index is 13.3. The minimum Gasteiger partial charge on any atom is -0.381 e. The molecule has 127 heavy (non-hydrogen) atoms. The molecular formula is C87H106N12O24S4. The number of hydrogen-bond acceptors (Lipinski definition) is 28. The van der Waals surface area contributed by atoms with Gasteiger partial charge in [0.25, 0.3) is 47.3 Å². The molecule has 0 aliphatic carbocycles. The molecule has 0 unspecified atom stereocenters. The van der Waals surface area contributed by atoms with Crippen LogP contribution in [0.1, 0.15) is 168 Å². The Hall–Kier alpha value is -11.3. The van der Waals surface area contributed by atoms with Gasteiger partial charge in [-0.25, -0.2) is 55.6 Å². The highest BCUT2D eigenvalue weighted by molar-refractivity contribution is 7.94. The van der Waals surface area contributed by atoms with E-state index in [1.807, 2.05) is 62.3 Å². The van der Waals surface area contributed by atoms with Crippen LogP contribution >= 0.6 is 0 Å². The van der Waals surface area contributed by atoms with E-state index in [9.17, 15) is 72.0 Å². The van der Waals surface area contributed by atoms with Crippen LogP contribution < -0.4 is 43.2 Å². The molecule has 4 aliphatic rings. The van der Waals surface area contributed by atoms with Gasteiger partial charge in [-0.05, 0) is 210 Å². The number of aromatic nitrogens is 4. The highest BCUT2D eigenvalue weighted by atomic mass is 32.2. The molecule has 4 fully saturated rings. The first-order valence-electron chi connectivity index (χ1n) is 40.8. The lowest BCUT2D eigenvalue weighted by Gasteiger charge is -2.34. The van der Waals surface area contributed by atoms with Crippen molar-refractivity contribution in [3.05, 3.63) is 193 Å². The van der Waals surface area contributed by atoms with E-state index >= 15 is 0 Å². The first kappa shape index (κ1) is 99.5. The molecule has 0 bridgehead atoms. The average molecular weight is 1830 g/mol. The molecule has 0 saturated carbocycles. The third kappa shape index (κ3) is 22.6. The molecule has 0 spiro atoms. The zero-order valence-electron chi connectivity index (χ0n) is 71.5. The van der Waals surface area contributed by atoms with Crippen molar-refractivity contribution in [3.8, 4) is 45.0 Å². The highest BCUT2D eigenvalue weighted by Crippen LogP contribution is 2.41. The Balaban J connectivity index is 0.000000191. The number of rotatable bonds is 25. The van der Waals surface area contributed by atoms with Gasteiger partial charge >= 0.3 is 0 Å². The summed E-state index contributed by atoms with van der Waals surface area (Å²) in [5, 5.41) is 47.9. The first-order valence-corrected chi connectivity index (χ1v) is 46.7. The maximum Gasteiger partial charge on any atom is 0.265 e. The molecule has 2 atom stereocenters. The van der Waals surface area contributed by atoms with E-state index in [-0.39, 0.29) is 171 Å². The van der Waals surface area contributed by atoms with Crippen molar-refractivity contribution in [1.82, 2.24) is 63.1 Å². The monoisotopic (exact) mass is 1830 g/mol. The molecule has 12 N–H and O–H groups in total. The predicted molar refractivity (Wildman–Crippen MR) is 463 cm³/mol. The second kappa shape index (κ2) is 43.0. The van der Waals surface area contributed by atoms with Gasteiger partial charge in [-0.2, -0.15) is 0 Å². The molecule has 36 nitrogen and oxygen atoms in total. The summed E-state index contributed by atoms with van der Waals surface area (Å²) in [6.07, 6.45) is 7.10. The quantitative estimate of drug-likeness (QED) is 0.0190. The second-order valence-electron chi connectivity index (χ2n) is 31.9. The van der Waals surface area contributed by atoms with Crippen molar-refractivity contribution in [2.75, 3.05) is 52.9 Å². The number of hydroxylamine groups is 4. The van der Waals surface area contributed by atoms with Crippen molar-refractivity contribution >= 4 is 86.6 Å². The normalized spacial score (nSPS) is 16.4. The molecule has 12 rings (SSSR count). The summed E-state index contributed by atoms with van der Waals surface area (Å²) in [6, 6.07) is 37.5. The van der Waals surface area contributed by atoms with Gasteiger partial charge in [0.1, 0.15) is 0 Å². The lowest BCUT2D eigenvalue weighted by atomic mass is 9.98. The highest BCUT2D eigenvalue weighted by Gasteiger charge is 2.56. The standard InChI is InChI=1S/3C22H27N3O6S.C21H25N3O6S/c1-21(2,3)24-19(26)16-6-9-18(23-14-16)15-4-7-17(8-5-15)32(29,30)22(20(27)25-28)10-12-31-13-11-22;2*1-3-15(2)24-20(26)17-6-9-19(23-14-17)16-4-7-18(8-5-16)32(29,30)22(21(27)25-28)10-12-31-13-11-22;1-14(2)23-19(25)16-5-8-18(22-13-16)15-3-6-17(7-4-15)31(28,29)21(20(26)24-27)9-11-30-12-10-21/h4-9,14,28H,10-13H2,1-3H3,(H,24,26)(H,25,27);2*4-9,14-15,28H,3,10-13H2,1-2H3,(H,24,26)(H,25,27);3-8,13-14,27H,9-12H2,1-2H3,(H,23,25)(H,24,26)/t;2*15-;/m.10./s1. The zero-order valence-corrected chi connectivity index (χ0v) is 74.8. The van der Waals surface area contributed by atoms with Crippen LogP contribution in [0.2, 0.25) is 0 Å². The van der Waals surface area contributed by atoms with Crippen molar-refractivity contribution in [1.29, 1.82) is 0 Å². The van der Waals surface area contributed by atoms with Crippen molar-refractivity contribution in [2.24, 2.45) is 0 Å². The molecule has 682 valence electrons. The summed E-state index contributed by atoms with van der Waals surface area (Å²) in [6.45, 7) is 18.0. The van der Waals surface area contributed by atoms with Crippen LogP contribution in [0.4, 0.5) is 0 Å². The lowest BCUT2D eigenvalue weighted by molar-refractivity contribution is -0.135. The second-order valence-corrected chi connectivity index (χ2v) is 41.0. The van der Waals surface area contributed by atoms with Gasteiger partial charge < -0.3 is 40.2 Å². The SMILES string of the molecule is CC(C)(C)NC(=O)c1ccc(-c2ccc(S(=O)(=O)C3(C(=O)NO)CCOCC3)cc2)nc1.CC(C)NC(=O)c1ccc(-c2ccc(S(=O)(=O)C3(C(=O)NO)CCOCC3)cc2)nc1.CC[C@@H](C)NC(=O)c1ccc(-c2ccc(S(=O)(=O)C3(C(=O)NO)CCOCC3)cc2)nc1.CC[C@H](C)NC(=O)c1ccc(-c2ccc(S(=O)(=O)C3(C(=O)NO)CCOCC3)cc2)nc1. The zero-order chi connectivity index (χ0) is 92.9. The average Bonchev–Trinajstić information content (AvgIpc) is 0.760. The lowest BCUT2D eigenvalue weighted by Crippen LogP contribution is -2.54. The van der Waals surface area contributed by atoms with E-state index in [2.05, 4.69) is 41.2 Å². The Labute approximate surface area is 736 Å². The smallest absolute Gasteiger partial charge is 0.265 e. The fourth-order valence-corrected chi connectivity index (χ4v) is 21.9. The van der Waals surface area contributed by atoms with Crippen molar-refractivity contribution in [2.45, 2.75) is 189 Å². The first-order chi connectivity index (χ1) is 60.2. The fraction of sp³-hybridized carbons (Fsp3) is 0.402. The summed E-state index contributed by atoms with van der Waals surface area (Å²) in [7, 11) is -16.4. The molecular weight excluding hydrogens is 1730 g/mol. The summed E-state index contributed by atoms with van der Waals surface area (Å²) in [5.41, 5.74) is 12.2. The predicted octanol–water partition coefficient (Wildman–Crippen LogP) is 8.03. The molecule has 0 radical (unpaired) electrons. The number of nitrogens with one attached hydrogen (secondary N) is 8. The van der Waals surface area contributed by atoms with E-state index in [0.717, 1.165) is 12.8 Å². The molecule has 40 heteroatoms. The Kier molecular flexibility index (Phi) is 33.7. The largest absolute Gasteiger partial charge is 0.381 e. The van der Waals surface area contributed by atoms with E-state index in [4.69, 9.17) is 39.8 Å². The Morgan fingerprint density at radius 3 is 0.709 bits per heavy atom. The summed E-state index contributed by atoms with van der Waals surface area (Å²) in [5.74, 6) is -4.71. The van der Waals surface area contributed by atoms with E-state index in [0.29, 0.717) is 67.3 Å². The van der Waals surface area contributed by atoms with Crippen LogP contribution in [-0.4, -0.2) is 217 Å². The molecule has 8 aromatic rings. The summed E-state index contributed by atoms with van der Waals surface area (Å²) < 4.78 is 120. The van der Waals surface area contributed by atoms with Crippen LogP contribution in [0.25, 0.3) is 45.0 Å². The molecule has 4 aliphatic heterocycles. The third-order valence-electron chi connectivity index (χ3n) is 22.2. The third-order valence-corrected chi connectivity index (χ3v) is 32.2. The topological polar surface area (TPSA) is 539 Å². The van der Waals surface area contributed by atoms with Crippen LogP contribution in [0, 0.1) is 0 Å². The number of hydrogen-bond donors (Lipinski definition) is 12. The van der Waals surface area contributed by atoms with Gasteiger partial charge in [0.2, 0.25) is 0 Å². The maximum absolute atomic E-state index is 13.3. The number of carbonyl (C=O) groups is 8. The number of ether oxygens (including phenoxy) is 4. The Morgan fingerprint density at radius 2 is 0.535 bits per heavy atom.